The van der Waals surface area contributed by atoms with Crippen molar-refractivity contribution in [1.29, 1.82) is 0 Å². The Morgan fingerprint density at radius 1 is 1.06 bits per heavy atom. The summed E-state index contributed by atoms with van der Waals surface area (Å²) in [5.41, 5.74) is 2.26. The van der Waals surface area contributed by atoms with Gasteiger partial charge in [-0.05, 0) is 56.4 Å². The minimum Gasteiger partial charge on any atom is -0.504 e. The fraction of sp³-hybridized carbons (Fsp3) is 0.417. The Balaban J connectivity index is 1.40. The number of nitrogens with one attached hydrogen (secondary N) is 1. The van der Waals surface area contributed by atoms with Gasteiger partial charge in [0.1, 0.15) is 5.75 Å². The van der Waals surface area contributed by atoms with Crippen LogP contribution in [0.25, 0.3) is 0 Å². The number of aromatic hydroxyl groups is 3. The summed E-state index contributed by atoms with van der Waals surface area (Å²) >= 11 is 0. The number of carbonyl (C=O) groups is 2. The molecule has 0 bridgehead atoms. The Morgan fingerprint density at radius 2 is 1.66 bits per heavy atom. The minimum absolute atomic E-state index is 0.00676. The highest BCUT2D eigenvalue weighted by Crippen LogP contribution is 2.35. The van der Waals surface area contributed by atoms with Crippen LogP contribution < -0.4 is 10.1 Å². The Bertz CT molecular complexity index is 939. The van der Waals surface area contributed by atoms with E-state index in [2.05, 4.69) is 5.32 Å². The van der Waals surface area contributed by atoms with Crippen LogP contribution in [0.1, 0.15) is 47.2 Å². The molecule has 1 aliphatic heterocycles. The van der Waals surface area contributed by atoms with Crippen LogP contribution in [0.4, 0.5) is 0 Å². The van der Waals surface area contributed by atoms with E-state index in [1.165, 1.54) is 0 Å². The third kappa shape index (κ3) is 5.63. The monoisotopic (exact) mass is 442 g/mol. The molecule has 0 aliphatic carbocycles. The third-order valence-corrected chi connectivity index (χ3v) is 5.67. The average Bonchev–Trinajstić information content (AvgIpc) is 2.76. The van der Waals surface area contributed by atoms with Gasteiger partial charge in [-0.2, -0.15) is 0 Å². The van der Waals surface area contributed by atoms with E-state index in [4.69, 9.17) is 4.74 Å². The summed E-state index contributed by atoms with van der Waals surface area (Å²) in [5, 5.41) is 31.7. The molecule has 0 aromatic heterocycles. The molecule has 0 saturated carbocycles. The summed E-state index contributed by atoms with van der Waals surface area (Å²) in [4.78, 5) is 26.5. The first-order valence-corrected chi connectivity index (χ1v) is 10.8. The smallest absolute Gasteiger partial charge is 0.254 e. The van der Waals surface area contributed by atoms with E-state index < -0.39 is 17.2 Å². The molecular formula is C24H30N2O6. The maximum atomic E-state index is 12.6. The zero-order chi connectivity index (χ0) is 23.3. The molecule has 2 aromatic carbocycles. The van der Waals surface area contributed by atoms with Gasteiger partial charge < -0.3 is 30.3 Å². The number of hydrogen-bond acceptors (Lipinski definition) is 6. The predicted molar refractivity (Wildman–Crippen MR) is 119 cm³/mol. The molecule has 1 aliphatic rings. The van der Waals surface area contributed by atoms with Gasteiger partial charge in [0, 0.05) is 31.1 Å². The van der Waals surface area contributed by atoms with Crippen LogP contribution in [0.2, 0.25) is 0 Å². The van der Waals surface area contributed by atoms with Crippen molar-refractivity contribution in [3.8, 4) is 23.0 Å². The molecule has 0 radical (unpaired) electrons. The Kier molecular flexibility index (Phi) is 7.45. The highest BCUT2D eigenvalue weighted by atomic mass is 16.5. The second-order valence-corrected chi connectivity index (χ2v) is 8.17. The van der Waals surface area contributed by atoms with Crippen LogP contribution in [0.3, 0.4) is 0 Å². The number of hydrogen-bond donors (Lipinski definition) is 4. The first kappa shape index (κ1) is 23.2. The number of carbonyl (C=O) groups excluding carboxylic acids is 2. The molecule has 8 heteroatoms. The topological polar surface area (TPSA) is 119 Å². The number of rotatable bonds is 7. The number of ether oxygens (including phenoxy) is 1. The molecular weight excluding hydrogens is 412 g/mol. The maximum Gasteiger partial charge on any atom is 0.254 e. The lowest BCUT2D eigenvalue weighted by Gasteiger charge is -2.32. The lowest BCUT2D eigenvalue weighted by Crippen LogP contribution is -2.46. The molecule has 1 saturated heterocycles. The number of benzene rings is 2. The molecule has 3 rings (SSSR count). The van der Waals surface area contributed by atoms with Crippen LogP contribution in [0.15, 0.2) is 30.3 Å². The first-order chi connectivity index (χ1) is 15.3. The molecule has 1 heterocycles. The van der Waals surface area contributed by atoms with Crippen molar-refractivity contribution in [2.45, 2.75) is 45.6 Å². The molecule has 4 N–H and O–H groups in total. The van der Waals surface area contributed by atoms with E-state index in [9.17, 15) is 24.9 Å². The average molecular weight is 443 g/mol. The Hall–Kier alpha value is -3.42. The first-order valence-electron chi connectivity index (χ1n) is 10.8. The summed E-state index contributed by atoms with van der Waals surface area (Å²) in [6, 6.07) is 8.24. The normalized spacial score (nSPS) is 14.2. The standard InChI is InChI=1S/C24H30N2O6/c1-15-5-3-6-16(2)23(15)32-12-4-7-21(29)25-18-8-10-26(11-9-18)24(31)17-13-19(27)22(30)20(28)14-17/h3,5-6,13-14,18,27-28,30H,4,7-12H2,1-2H3,(H,25,29). The number of para-hydroxylation sites is 1. The largest absolute Gasteiger partial charge is 0.504 e. The summed E-state index contributed by atoms with van der Waals surface area (Å²) < 4.78 is 5.84. The van der Waals surface area contributed by atoms with Gasteiger partial charge in [-0.1, -0.05) is 18.2 Å². The maximum absolute atomic E-state index is 12.6. The van der Waals surface area contributed by atoms with Gasteiger partial charge in [-0.15, -0.1) is 0 Å². The molecule has 0 atom stereocenters. The number of aryl methyl sites for hydroxylation is 2. The molecule has 2 aromatic rings. The van der Waals surface area contributed by atoms with Crippen molar-refractivity contribution >= 4 is 11.8 Å². The highest BCUT2D eigenvalue weighted by molar-refractivity contribution is 5.95. The molecule has 1 fully saturated rings. The summed E-state index contributed by atoms with van der Waals surface area (Å²) in [7, 11) is 0. The van der Waals surface area contributed by atoms with Crippen molar-refractivity contribution in [2.24, 2.45) is 0 Å². The number of phenolic OH excluding ortho intramolecular Hbond substituents is 3. The molecule has 32 heavy (non-hydrogen) atoms. The molecule has 0 spiro atoms. The highest BCUT2D eigenvalue weighted by Gasteiger charge is 2.25. The SMILES string of the molecule is Cc1cccc(C)c1OCCCC(=O)NC1CCN(C(=O)c2cc(O)c(O)c(O)c2)CC1. The van der Waals surface area contributed by atoms with Crippen molar-refractivity contribution < 1.29 is 29.6 Å². The van der Waals surface area contributed by atoms with E-state index in [-0.39, 0.29) is 23.4 Å². The summed E-state index contributed by atoms with van der Waals surface area (Å²) in [5.74, 6) is -1.24. The van der Waals surface area contributed by atoms with Crippen molar-refractivity contribution in [2.75, 3.05) is 19.7 Å². The van der Waals surface area contributed by atoms with Crippen molar-refractivity contribution in [3.05, 3.63) is 47.0 Å². The number of amides is 2. The van der Waals surface area contributed by atoms with Gasteiger partial charge in [0.2, 0.25) is 5.91 Å². The second-order valence-electron chi connectivity index (χ2n) is 8.17. The summed E-state index contributed by atoms with van der Waals surface area (Å²) in [6.07, 6.45) is 2.22. The van der Waals surface area contributed by atoms with Crippen LogP contribution in [-0.4, -0.2) is 57.8 Å². The van der Waals surface area contributed by atoms with Crippen molar-refractivity contribution in [1.82, 2.24) is 10.2 Å². The zero-order valence-corrected chi connectivity index (χ0v) is 18.4. The summed E-state index contributed by atoms with van der Waals surface area (Å²) in [6.45, 7) is 5.36. The number of piperidine rings is 1. The Morgan fingerprint density at radius 3 is 2.25 bits per heavy atom. The van der Waals surface area contributed by atoms with E-state index >= 15 is 0 Å². The predicted octanol–water partition coefficient (Wildman–Crippen LogP) is 3.00. The van der Waals surface area contributed by atoms with Crippen LogP contribution in [0.5, 0.6) is 23.0 Å². The van der Waals surface area contributed by atoms with Gasteiger partial charge in [0.05, 0.1) is 6.61 Å². The molecule has 172 valence electrons. The van der Waals surface area contributed by atoms with Gasteiger partial charge in [-0.3, -0.25) is 9.59 Å². The van der Waals surface area contributed by atoms with Crippen LogP contribution in [0, 0.1) is 13.8 Å². The second kappa shape index (κ2) is 10.3. The van der Waals surface area contributed by atoms with Crippen LogP contribution >= 0.6 is 0 Å². The fourth-order valence-corrected chi connectivity index (χ4v) is 3.87. The number of phenols is 3. The molecule has 2 amide bonds. The quantitative estimate of drug-likeness (QED) is 0.387. The molecule has 0 unspecified atom stereocenters. The number of nitrogens with zero attached hydrogens (tertiary/aromatic N) is 1. The third-order valence-electron chi connectivity index (χ3n) is 5.67. The molecule has 8 nitrogen and oxygen atoms in total. The van der Waals surface area contributed by atoms with Crippen molar-refractivity contribution in [3.63, 3.8) is 0 Å². The van der Waals surface area contributed by atoms with E-state index in [0.29, 0.717) is 45.4 Å². The Labute approximate surface area is 187 Å². The fourth-order valence-electron chi connectivity index (χ4n) is 3.87. The van der Waals surface area contributed by atoms with E-state index in [1.54, 1.807) is 4.90 Å². The van der Waals surface area contributed by atoms with E-state index in [0.717, 1.165) is 29.0 Å². The van der Waals surface area contributed by atoms with Gasteiger partial charge in [-0.25, -0.2) is 0 Å². The number of likely N-dealkylation sites (tertiary alicyclic amines) is 1. The van der Waals surface area contributed by atoms with E-state index in [1.807, 2.05) is 32.0 Å². The zero-order valence-electron chi connectivity index (χ0n) is 18.4. The lowest BCUT2D eigenvalue weighted by atomic mass is 10.0. The van der Waals surface area contributed by atoms with Crippen LogP contribution in [-0.2, 0) is 4.79 Å². The minimum atomic E-state index is -0.651. The lowest BCUT2D eigenvalue weighted by molar-refractivity contribution is -0.122. The van der Waals surface area contributed by atoms with Gasteiger partial charge >= 0.3 is 0 Å². The van der Waals surface area contributed by atoms with Gasteiger partial charge in [0.15, 0.2) is 17.2 Å². The van der Waals surface area contributed by atoms with Gasteiger partial charge in [0.25, 0.3) is 5.91 Å².